The van der Waals surface area contributed by atoms with E-state index in [-0.39, 0.29) is 5.75 Å². The maximum Gasteiger partial charge on any atom is 0.141 e. The standard InChI is InChI=1S/C12H11NO2/c1-2-10(14)9-7-6-8-4-3-5-11(15)12(8)13-9/h2-7,10,14-15H,1H2. The number of nitrogens with zero attached hydrogens (tertiary/aromatic N) is 1. The van der Waals surface area contributed by atoms with E-state index in [9.17, 15) is 10.2 Å². The van der Waals surface area contributed by atoms with Crippen LogP contribution in [0.2, 0.25) is 0 Å². The molecule has 76 valence electrons. The van der Waals surface area contributed by atoms with Gasteiger partial charge in [-0.2, -0.15) is 0 Å². The summed E-state index contributed by atoms with van der Waals surface area (Å²) >= 11 is 0. The summed E-state index contributed by atoms with van der Waals surface area (Å²) in [4.78, 5) is 4.17. The van der Waals surface area contributed by atoms with Gasteiger partial charge in [-0.25, -0.2) is 4.98 Å². The van der Waals surface area contributed by atoms with Crippen LogP contribution in [0.4, 0.5) is 0 Å². The van der Waals surface area contributed by atoms with Crippen LogP contribution in [0.25, 0.3) is 10.9 Å². The summed E-state index contributed by atoms with van der Waals surface area (Å²) in [7, 11) is 0. The molecule has 1 heterocycles. The number of hydrogen-bond donors (Lipinski definition) is 2. The molecule has 0 radical (unpaired) electrons. The van der Waals surface area contributed by atoms with Crippen LogP contribution in [0.5, 0.6) is 5.75 Å². The van der Waals surface area contributed by atoms with E-state index in [0.29, 0.717) is 11.2 Å². The highest BCUT2D eigenvalue weighted by atomic mass is 16.3. The quantitative estimate of drug-likeness (QED) is 0.732. The molecule has 0 bridgehead atoms. The van der Waals surface area contributed by atoms with Crippen molar-refractivity contribution in [3.63, 3.8) is 0 Å². The molecule has 1 aromatic heterocycles. The van der Waals surface area contributed by atoms with Gasteiger partial charge >= 0.3 is 0 Å². The van der Waals surface area contributed by atoms with Gasteiger partial charge in [-0.3, -0.25) is 0 Å². The van der Waals surface area contributed by atoms with Gasteiger partial charge in [0, 0.05) is 5.39 Å². The average molecular weight is 201 g/mol. The van der Waals surface area contributed by atoms with Crippen LogP contribution < -0.4 is 0 Å². The number of aromatic hydroxyl groups is 1. The molecule has 0 aliphatic rings. The summed E-state index contributed by atoms with van der Waals surface area (Å²) in [6.07, 6.45) is 0.600. The van der Waals surface area contributed by atoms with Gasteiger partial charge in [0.1, 0.15) is 17.4 Å². The SMILES string of the molecule is C=CC(O)c1ccc2cccc(O)c2n1. The van der Waals surface area contributed by atoms with Crippen molar-refractivity contribution in [2.75, 3.05) is 0 Å². The average Bonchev–Trinajstić information content (AvgIpc) is 2.28. The van der Waals surface area contributed by atoms with Crippen molar-refractivity contribution in [3.8, 4) is 5.75 Å². The molecule has 15 heavy (non-hydrogen) atoms. The van der Waals surface area contributed by atoms with Crippen molar-refractivity contribution in [1.29, 1.82) is 0 Å². The Hall–Kier alpha value is -1.87. The lowest BCUT2D eigenvalue weighted by Crippen LogP contribution is -1.96. The van der Waals surface area contributed by atoms with E-state index >= 15 is 0 Å². The molecule has 1 atom stereocenters. The fourth-order valence-electron chi connectivity index (χ4n) is 1.43. The number of hydrogen-bond acceptors (Lipinski definition) is 3. The largest absolute Gasteiger partial charge is 0.506 e. The van der Waals surface area contributed by atoms with Gasteiger partial charge in [0.15, 0.2) is 0 Å². The van der Waals surface area contributed by atoms with E-state index in [1.165, 1.54) is 6.08 Å². The van der Waals surface area contributed by atoms with Crippen LogP contribution in [0.3, 0.4) is 0 Å². The first kappa shape index (κ1) is 9.68. The normalized spacial score (nSPS) is 12.6. The molecule has 0 aliphatic heterocycles. The Labute approximate surface area is 87.3 Å². The monoisotopic (exact) mass is 201 g/mol. The summed E-state index contributed by atoms with van der Waals surface area (Å²) in [5.41, 5.74) is 0.981. The Bertz CT molecular complexity index is 508. The highest BCUT2D eigenvalue weighted by Gasteiger charge is 2.07. The number of fused-ring (bicyclic) bond motifs is 1. The number of aromatic nitrogens is 1. The first-order valence-corrected chi connectivity index (χ1v) is 4.61. The first-order chi connectivity index (χ1) is 7.22. The predicted molar refractivity (Wildman–Crippen MR) is 58.6 cm³/mol. The van der Waals surface area contributed by atoms with E-state index in [2.05, 4.69) is 11.6 Å². The summed E-state index contributed by atoms with van der Waals surface area (Å²) in [5.74, 6) is 0.116. The first-order valence-electron chi connectivity index (χ1n) is 4.61. The zero-order valence-electron chi connectivity index (χ0n) is 8.09. The molecule has 2 rings (SSSR count). The topological polar surface area (TPSA) is 53.4 Å². The van der Waals surface area contributed by atoms with E-state index in [4.69, 9.17) is 0 Å². The maximum absolute atomic E-state index is 9.58. The molecule has 0 aliphatic carbocycles. The molecule has 3 nitrogen and oxygen atoms in total. The Morgan fingerprint density at radius 3 is 2.80 bits per heavy atom. The fourth-order valence-corrected chi connectivity index (χ4v) is 1.43. The van der Waals surface area contributed by atoms with Crippen LogP contribution in [0, 0.1) is 0 Å². The second kappa shape index (κ2) is 3.71. The lowest BCUT2D eigenvalue weighted by Gasteiger charge is -2.06. The summed E-state index contributed by atoms with van der Waals surface area (Å²) in [5, 5.41) is 19.9. The number of pyridine rings is 1. The number of benzene rings is 1. The van der Waals surface area contributed by atoms with Crippen LogP contribution in [-0.2, 0) is 0 Å². The van der Waals surface area contributed by atoms with Crippen LogP contribution in [0.1, 0.15) is 11.8 Å². The summed E-state index contributed by atoms with van der Waals surface area (Å²) in [6.45, 7) is 3.49. The summed E-state index contributed by atoms with van der Waals surface area (Å²) in [6, 6.07) is 8.70. The van der Waals surface area contributed by atoms with Crippen molar-refractivity contribution in [3.05, 3.63) is 48.7 Å². The minimum absolute atomic E-state index is 0.116. The lowest BCUT2D eigenvalue weighted by molar-refractivity contribution is 0.224. The van der Waals surface area contributed by atoms with Crippen LogP contribution in [-0.4, -0.2) is 15.2 Å². The second-order valence-corrected chi connectivity index (χ2v) is 3.27. The van der Waals surface area contributed by atoms with Crippen molar-refractivity contribution in [1.82, 2.24) is 4.98 Å². The number of phenolic OH excluding ortho intramolecular Hbond substituents is 1. The Morgan fingerprint density at radius 1 is 1.27 bits per heavy atom. The number of aliphatic hydroxyl groups is 1. The molecular formula is C12H11NO2. The van der Waals surface area contributed by atoms with Crippen molar-refractivity contribution in [2.24, 2.45) is 0 Å². The van der Waals surface area contributed by atoms with Crippen molar-refractivity contribution >= 4 is 10.9 Å². The maximum atomic E-state index is 9.58. The van der Waals surface area contributed by atoms with Gasteiger partial charge in [-0.05, 0) is 12.1 Å². The smallest absolute Gasteiger partial charge is 0.141 e. The Kier molecular flexibility index (Phi) is 2.39. The zero-order chi connectivity index (χ0) is 10.8. The third-order valence-corrected chi connectivity index (χ3v) is 2.25. The van der Waals surface area contributed by atoms with E-state index in [1.807, 2.05) is 12.1 Å². The number of aliphatic hydroxyl groups excluding tert-OH is 1. The molecule has 1 unspecified atom stereocenters. The minimum atomic E-state index is -0.797. The van der Waals surface area contributed by atoms with Gasteiger partial charge in [-0.1, -0.05) is 24.3 Å². The number of para-hydroxylation sites is 1. The van der Waals surface area contributed by atoms with Gasteiger partial charge < -0.3 is 10.2 Å². The number of phenols is 1. The fraction of sp³-hybridized carbons (Fsp3) is 0.0833. The highest BCUT2D eigenvalue weighted by molar-refractivity contribution is 5.84. The van der Waals surface area contributed by atoms with Gasteiger partial charge in [0.25, 0.3) is 0 Å². The van der Waals surface area contributed by atoms with Crippen LogP contribution >= 0.6 is 0 Å². The highest BCUT2D eigenvalue weighted by Crippen LogP contribution is 2.24. The Morgan fingerprint density at radius 2 is 2.07 bits per heavy atom. The molecule has 0 saturated carbocycles. The number of rotatable bonds is 2. The van der Waals surface area contributed by atoms with Crippen molar-refractivity contribution < 1.29 is 10.2 Å². The van der Waals surface area contributed by atoms with Crippen molar-refractivity contribution in [2.45, 2.75) is 6.10 Å². The molecule has 2 N–H and O–H groups in total. The third kappa shape index (κ3) is 1.69. The molecule has 0 fully saturated rings. The van der Waals surface area contributed by atoms with E-state index in [1.54, 1.807) is 18.2 Å². The summed E-state index contributed by atoms with van der Waals surface area (Å²) < 4.78 is 0. The lowest BCUT2D eigenvalue weighted by atomic mass is 10.1. The van der Waals surface area contributed by atoms with E-state index < -0.39 is 6.10 Å². The van der Waals surface area contributed by atoms with Crippen LogP contribution in [0.15, 0.2) is 43.0 Å². The van der Waals surface area contributed by atoms with Gasteiger partial charge in [-0.15, -0.1) is 6.58 Å². The van der Waals surface area contributed by atoms with Gasteiger partial charge in [0.2, 0.25) is 0 Å². The molecular weight excluding hydrogens is 190 g/mol. The molecule has 3 heteroatoms. The molecule has 0 amide bonds. The van der Waals surface area contributed by atoms with E-state index in [0.717, 1.165) is 5.39 Å². The zero-order valence-corrected chi connectivity index (χ0v) is 8.09. The molecule has 0 saturated heterocycles. The second-order valence-electron chi connectivity index (χ2n) is 3.27. The third-order valence-electron chi connectivity index (χ3n) is 2.25. The molecule has 1 aromatic carbocycles. The molecule has 0 spiro atoms. The Balaban J connectivity index is 2.64. The van der Waals surface area contributed by atoms with Gasteiger partial charge in [0.05, 0.1) is 5.69 Å². The minimum Gasteiger partial charge on any atom is -0.506 e. The molecule has 2 aromatic rings. The predicted octanol–water partition coefficient (Wildman–Crippen LogP) is 2.16.